The first kappa shape index (κ1) is 19.2. The monoisotopic (exact) mass is 402 g/mol. The number of nitriles is 1. The first-order valence-electron chi connectivity index (χ1n) is 9.41. The lowest BCUT2D eigenvalue weighted by Crippen LogP contribution is -2.23. The van der Waals surface area contributed by atoms with Crippen LogP contribution in [0.25, 0.3) is 16.6 Å². The smallest absolute Gasteiger partial charge is 0.338 e. The number of allylic oxidation sites excluding steroid dienone is 1. The van der Waals surface area contributed by atoms with Gasteiger partial charge < -0.3 is 19.7 Å². The van der Waals surface area contributed by atoms with E-state index >= 15 is 0 Å². The molecule has 1 saturated heterocycles. The second-order valence-corrected chi connectivity index (χ2v) is 6.81. The van der Waals surface area contributed by atoms with E-state index in [4.69, 9.17) is 4.74 Å². The maximum absolute atomic E-state index is 12.3. The number of aliphatic hydroxyl groups is 1. The molecular formula is C22H18N4O4. The summed E-state index contributed by atoms with van der Waals surface area (Å²) in [4.78, 5) is 33.0. The fourth-order valence-corrected chi connectivity index (χ4v) is 3.31. The number of carbonyl (C=O) groups is 2. The molecule has 2 N–H and O–H groups in total. The quantitative estimate of drug-likeness (QED) is 0.384. The van der Waals surface area contributed by atoms with Gasteiger partial charge in [0.05, 0.1) is 16.6 Å². The van der Waals surface area contributed by atoms with Gasteiger partial charge in [-0.15, -0.1) is 0 Å². The number of imidazole rings is 1. The van der Waals surface area contributed by atoms with Gasteiger partial charge in [0.2, 0.25) is 5.91 Å². The highest BCUT2D eigenvalue weighted by Crippen LogP contribution is 2.22. The molecule has 0 spiro atoms. The van der Waals surface area contributed by atoms with Crippen LogP contribution in [-0.2, 0) is 9.53 Å². The Morgan fingerprint density at radius 3 is 2.67 bits per heavy atom. The van der Waals surface area contributed by atoms with Crippen LogP contribution in [0.3, 0.4) is 0 Å². The number of benzene rings is 2. The number of aromatic nitrogens is 2. The van der Waals surface area contributed by atoms with Crippen LogP contribution in [0, 0.1) is 11.3 Å². The maximum Gasteiger partial charge on any atom is 0.338 e. The minimum Gasteiger partial charge on any atom is -0.507 e. The van der Waals surface area contributed by atoms with Crippen molar-refractivity contribution in [1.29, 1.82) is 5.26 Å². The summed E-state index contributed by atoms with van der Waals surface area (Å²) in [5.41, 5.74) is 2.29. The predicted octanol–water partition coefficient (Wildman–Crippen LogP) is 3.34. The van der Waals surface area contributed by atoms with Crippen molar-refractivity contribution in [2.24, 2.45) is 0 Å². The largest absolute Gasteiger partial charge is 0.507 e. The summed E-state index contributed by atoms with van der Waals surface area (Å²) in [7, 11) is 0. The highest BCUT2D eigenvalue weighted by molar-refractivity contribution is 5.96. The number of para-hydroxylation sites is 2. The topological polar surface area (TPSA) is 119 Å². The van der Waals surface area contributed by atoms with Gasteiger partial charge in [0, 0.05) is 18.7 Å². The Morgan fingerprint density at radius 2 is 2.00 bits per heavy atom. The first-order chi connectivity index (χ1) is 14.6. The number of fused-ring (bicyclic) bond motifs is 1. The molecule has 0 saturated carbocycles. The summed E-state index contributed by atoms with van der Waals surface area (Å²) in [5, 5.41) is 19.7. The molecule has 1 aromatic heterocycles. The van der Waals surface area contributed by atoms with Crippen molar-refractivity contribution >= 4 is 34.2 Å². The summed E-state index contributed by atoms with van der Waals surface area (Å²) in [6.45, 7) is 0.200. The number of hydrogen-bond acceptors (Lipinski definition) is 6. The molecule has 1 fully saturated rings. The van der Waals surface area contributed by atoms with E-state index in [1.165, 1.54) is 0 Å². The second-order valence-electron chi connectivity index (χ2n) is 6.81. The Hall–Kier alpha value is -4.12. The molecule has 0 aliphatic carbocycles. The van der Waals surface area contributed by atoms with Crippen molar-refractivity contribution in [3.63, 3.8) is 0 Å². The van der Waals surface area contributed by atoms with Gasteiger partial charge in [0.1, 0.15) is 18.2 Å². The third kappa shape index (κ3) is 3.73. The number of aromatic amines is 1. The van der Waals surface area contributed by atoms with Gasteiger partial charge in [-0.1, -0.05) is 12.1 Å². The highest BCUT2D eigenvalue weighted by Gasteiger charge is 2.22. The van der Waals surface area contributed by atoms with Gasteiger partial charge >= 0.3 is 5.97 Å². The minimum absolute atomic E-state index is 0.0648. The maximum atomic E-state index is 12.3. The van der Waals surface area contributed by atoms with Crippen LogP contribution in [-0.4, -0.2) is 40.1 Å². The van der Waals surface area contributed by atoms with Gasteiger partial charge in [-0.3, -0.25) is 4.79 Å². The summed E-state index contributed by atoms with van der Waals surface area (Å²) in [6.07, 6.45) is 1.35. The standard InChI is InChI=1S/C22H18N4O4/c23-12-16(21-24-17-4-1-2-5-18(17)25-21)19(27)13-30-22(29)14-7-9-15(10-8-14)26-11-3-6-20(26)28/h1-2,4-5,7-10,27H,3,6,11,13H2,(H,24,25). The fraction of sp³-hybridized carbons (Fsp3) is 0.182. The molecule has 0 unspecified atom stereocenters. The number of anilines is 1. The van der Waals surface area contributed by atoms with Crippen LogP contribution >= 0.6 is 0 Å². The van der Waals surface area contributed by atoms with Crippen LogP contribution < -0.4 is 4.90 Å². The lowest BCUT2D eigenvalue weighted by atomic mass is 10.2. The predicted molar refractivity (Wildman–Crippen MR) is 110 cm³/mol. The van der Waals surface area contributed by atoms with E-state index in [9.17, 15) is 20.0 Å². The number of amides is 1. The Kier molecular flexibility index (Phi) is 5.18. The molecule has 2 heterocycles. The summed E-state index contributed by atoms with van der Waals surface area (Å²) < 4.78 is 5.13. The van der Waals surface area contributed by atoms with E-state index in [2.05, 4.69) is 9.97 Å². The van der Waals surface area contributed by atoms with E-state index < -0.39 is 18.3 Å². The number of carbonyl (C=O) groups excluding carboxylic acids is 2. The molecule has 0 radical (unpaired) electrons. The van der Waals surface area contributed by atoms with E-state index in [1.54, 1.807) is 41.3 Å². The molecule has 3 aromatic rings. The van der Waals surface area contributed by atoms with Crippen molar-refractivity contribution in [2.75, 3.05) is 18.1 Å². The molecule has 0 bridgehead atoms. The van der Waals surface area contributed by atoms with Crippen LogP contribution in [0.4, 0.5) is 5.69 Å². The Morgan fingerprint density at radius 1 is 1.23 bits per heavy atom. The number of hydrogen-bond donors (Lipinski definition) is 2. The fourth-order valence-electron chi connectivity index (χ4n) is 3.31. The van der Waals surface area contributed by atoms with Crippen LogP contribution in [0.5, 0.6) is 0 Å². The van der Waals surface area contributed by atoms with Crippen molar-refractivity contribution in [3.05, 3.63) is 65.7 Å². The third-order valence-electron chi connectivity index (χ3n) is 4.85. The lowest BCUT2D eigenvalue weighted by molar-refractivity contribution is -0.117. The molecule has 30 heavy (non-hydrogen) atoms. The molecule has 8 heteroatoms. The van der Waals surface area contributed by atoms with Crippen LogP contribution in [0.15, 0.2) is 54.3 Å². The Labute approximate surface area is 172 Å². The normalized spacial score (nSPS) is 14.5. The Bertz CT molecular complexity index is 1150. The first-order valence-corrected chi connectivity index (χ1v) is 9.41. The van der Waals surface area contributed by atoms with E-state index in [0.717, 1.165) is 17.6 Å². The molecule has 1 amide bonds. The number of aliphatic hydroxyl groups excluding tert-OH is 1. The van der Waals surface area contributed by atoms with Gasteiger partial charge in [-0.2, -0.15) is 5.26 Å². The number of H-pyrrole nitrogens is 1. The van der Waals surface area contributed by atoms with Crippen LogP contribution in [0.1, 0.15) is 29.0 Å². The number of nitrogens with one attached hydrogen (secondary N) is 1. The minimum atomic E-state index is -0.650. The lowest BCUT2D eigenvalue weighted by Gasteiger charge is -2.15. The average Bonchev–Trinajstić information content (AvgIpc) is 3.38. The zero-order chi connectivity index (χ0) is 21.1. The van der Waals surface area contributed by atoms with E-state index in [0.29, 0.717) is 18.5 Å². The zero-order valence-electron chi connectivity index (χ0n) is 16.0. The van der Waals surface area contributed by atoms with Crippen molar-refractivity contribution < 1.29 is 19.4 Å². The summed E-state index contributed by atoms with van der Waals surface area (Å²) in [6, 6.07) is 15.6. The molecule has 1 aliphatic rings. The number of nitrogens with zero attached hydrogens (tertiary/aromatic N) is 3. The second kappa shape index (κ2) is 8.09. The van der Waals surface area contributed by atoms with Gasteiger partial charge in [-0.05, 0) is 42.8 Å². The summed E-state index contributed by atoms with van der Waals surface area (Å²) in [5.74, 6) is -0.783. The molecule has 1 aliphatic heterocycles. The van der Waals surface area contributed by atoms with Crippen molar-refractivity contribution in [2.45, 2.75) is 12.8 Å². The van der Waals surface area contributed by atoms with Gasteiger partial charge in [0.15, 0.2) is 11.6 Å². The summed E-state index contributed by atoms with van der Waals surface area (Å²) >= 11 is 0. The van der Waals surface area contributed by atoms with Gasteiger partial charge in [0.25, 0.3) is 0 Å². The van der Waals surface area contributed by atoms with E-state index in [1.807, 2.05) is 18.2 Å². The van der Waals surface area contributed by atoms with E-state index in [-0.39, 0.29) is 22.9 Å². The molecule has 0 atom stereocenters. The Balaban J connectivity index is 1.45. The van der Waals surface area contributed by atoms with Crippen molar-refractivity contribution in [1.82, 2.24) is 9.97 Å². The molecular weight excluding hydrogens is 384 g/mol. The average molecular weight is 402 g/mol. The zero-order valence-corrected chi connectivity index (χ0v) is 16.0. The number of rotatable bonds is 5. The molecule has 4 rings (SSSR count). The molecule has 2 aromatic carbocycles. The molecule has 8 nitrogen and oxygen atoms in total. The van der Waals surface area contributed by atoms with Crippen molar-refractivity contribution in [3.8, 4) is 6.07 Å². The highest BCUT2D eigenvalue weighted by atomic mass is 16.5. The van der Waals surface area contributed by atoms with Gasteiger partial charge in [-0.25, -0.2) is 9.78 Å². The SMILES string of the molecule is N#CC(=C(O)COC(=O)c1ccc(N2CCCC2=O)cc1)c1nc2ccccc2[nH]1. The number of esters is 1. The number of ether oxygens (including phenoxy) is 1. The molecule has 150 valence electrons. The third-order valence-corrected chi connectivity index (χ3v) is 4.85. The van der Waals surface area contributed by atoms with Crippen LogP contribution in [0.2, 0.25) is 0 Å².